The zero-order chi connectivity index (χ0) is 11.5. The molecular formula is C11H14N2O3. The average Bonchev–Trinajstić information content (AvgIpc) is 2.30. The molecule has 2 heterocycles. The second-order valence-electron chi connectivity index (χ2n) is 3.96. The molecule has 1 aromatic rings. The van der Waals surface area contributed by atoms with E-state index in [1.807, 2.05) is 0 Å². The minimum Gasteiger partial charge on any atom is -0.393 e. The fourth-order valence-electron chi connectivity index (χ4n) is 1.80. The van der Waals surface area contributed by atoms with Crippen LogP contribution in [0.4, 0.5) is 0 Å². The molecule has 1 saturated heterocycles. The molecule has 2 N–H and O–H groups in total. The van der Waals surface area contributed by atoms with Gasteiger partial charge in [-0.25, -0.2) is 0 Å². The van der Waals surface area contributed by atoms with E-state index < -0.39 is 0 Å². The summed E-state index contributed by atoms with van der Waals surface area (Å²) >= 11 is 0. The molecule has 5 heteroatoms. The van der Waals surface area contributed by atoms with E-state index in [1.165, 1.54) is 18.3 Å². The van der Waals surface area contributed by atoms with Crippen molar-refractivity contribution >= 4 is 5.91 Å². The summed E-state index contributed by atoms with van der Waals surface area (Å²) in [7, 11) is 0. The molecule has 2 rings (SSSR count). The van der Waals surface area contributed by atoms with Crippen molar-refractivity contribution in [3.63, 3.8) is 0 Å². The predicted molar refractivity (Wildman–Crippen MR) is 58.2 cm³/mol. The van der Waals surface area contributed by atoms with Crippen LogP contribution in [0.2, 0.25) is 0 Å². The topological polar surface area (TPSA) is 73.4 Å². The SMILES string of the molecule is O=C(c1ccc(=O)[nH]c1)N1CCC(O)CC1. The Kier molecular flexibility index (Phi) is 3.05. The van der Waals surface area contributed by atoms with Crippen LogP contribution in [0.15, 0.2) is 23.1 Å². The van der Waals surface area contributed by atoms with Crippen LogP contribution in [-0.4, -0.2) is 40.1 Å². The third-order valence-electron chi connectivity index (χ3n) is 2.78. The van der Waals surface area contributed by atoms with Gasteiger partial charge in [0.1, 0.15) is 0 Å². The molecule has 1 aliphatic rings. The van der Waals surface area contributed by atoms with Gasteiger partial charge in [-0.15, -0.1) is 0 Å². The van der Waals surface area contributed by atoms with Gasteiger partial charge in [-0.2, -0.15) is 0 Å². The average molecular weight is 222 g/mol. The quantitative estimate of drug-likeness (QED) is 0.701. The number of nitrogens with one attached hydrogen (secondary N) is 1. The Bertz CT molecular complexity index is 413. The van der Waals surface area contributed by atoms with Crippen molar-refractivity contribution < 1.29 is 9.90 Å². The minimum atomic E-state index is -0.292. The maximum absolute atomic E-state index is 11.9. The number of aliphatic hydroxyl groups excluding tert-OH is 1. The first-order valence-electron chi connectivity index (χ1n) is 5.33. The van der Waals surface area contributed by atoms with Crippen molar-refractivity contribution in [1.29, 1.82) is 0 Å². The van der Waals surface area contributed by atoms with Crippen molar-refractivity contribution in [3.8, 4) is 0 Å². The number of aliphatic hydroxyl groups is 1. The summed E-state index contributed by atoms with van der Waals surface area (Å²) in [4.78, 5) is 27.0. The zero-order valence-corrected chi connectivity index (χ0v) is 8.85. The molecule has 1 aromatic heterocycles. The van der Waals surface area contributed by atoms with Crippen LogP contribution in [0.5, 0.6) is 0 Å². The summed E-state index contributed by atoms with van der Waals surface area (Å²) in [6.07, 6.45) is 2.37. The normalized spacial score (nSPS) is 17.4. The highest BCUT2D eigenvalue weighted by Crippen LogP contribution is 2.12. The third kappa shape index (κ3) is 2.30. The summed E-state index contributed by atoms with van der Waals surface area (Å²) in [6.45, 7) is 1.14. The molecule has 1 aliphatic heterocycles. The summed E-state index contributed by atoms with van der Waals surface area (Å²) < 4.78 is 0. The highest BCUT2D eigenvalue weighted by atomic mass is 16.3. The number of nitrogens with zero attached hydrogens (tertiary/aromatic N) is 1. The molecule has 1 fully saturated rings. The number of aromatic amines is 1. The van der Waals surface area contributed by atoms with Crippen LogP contribution in [0, 0.1) is 0 Å². The molecule has 0 unspecified atom stereocenters. The van der Waals surface area contributed by atoms with Crippen molar-refractivity contribution in [1.82, 2.24) is 9.88 Å². The summed E-state index contributed by atoms with van der Waals surface area (Å²) in [6, 6.07) is 2.86. The molecule has 0 aliphatic carbocycles. The molecule has 0 bridgehead atoms. The van der Waals surface area contributed by atoms with Gasteiger partial charge in [0, 0.05) is 25.4 Å². The highest BCUT2D eigenvalue weighted by Gasteiger charge is 2.22. The van der Waals surface area contributed by atoms with Gasteiger partial charge in [-0.1, -0.05) is 0 Å². The van der Waals surface area contributed by atoms with E-state index in [4.69, 9.17) is 0 Å². The fourth-order valence-corrected chi connectivity index (χ4v) is 1.80. The maximum atomic E-state index is 11.9. The molecule has 0 radical (unpaired) electrons. The number of likely N-dealkylation sites (tertiary alicyclic amines) is 1. The monoisotopic (exact) mass is 222 g/mol. The lowest BCUT2D eigenvalue weighted by Crippen LogP contribution is -2.40. The van der Waals surface area contributed by atoms with Crippen LogP contribution in [0.25, 0.3) is 0 Å². The van der Waals surface area contributed by atoms with Crippen molar-refractivity contribution in [3.05, 3.63) is 34.2 Å². The van der Waals surface area contributed by atoms with Crippen molar-refractivity contribution in [2.75, 3.05) is 13.1 Å². The van der Waals surface area contributed by atoms with Gasteiger partial charge < -0.3 is 15.0 Å². The molecular weight excluding hydrogens is 208 g/mol. The van der Waals surface area contributed by atoms with Crippen LogP contribution in [-0.2, 0) is 0 Å². The van der Waals surface area contributed by atoms with Crippen LogP contribution < -0.4 is 5.56 Å². The number of amides is 1. The Morgan fingerprint density at radius 3 is 2.62 bits per heavy atom. The Morgan fingerprint density at radius 1 is 1.38 bits per heavy atom. The number of hydrogen-bond acceptors (Lipinski definition) is 3. The lowest BCUT2D eigenvalue weighted by atomic mass is 10.1. The largest absolute Gasteiger partial charge is 0.393 e. The fraction of sp³-hybridized carbons (Fsp3) is 0.455. The molecule has 0 atom stereocenters. The van der Waals surface area contributed by atoms with Gasteiger partial charge in [0.15, 0.2) is 0 Å². The Hall–Kier alpha value is -1.62. The number of carbonyl (C=O) groups excluding carboxylic acids is 1. The third-order valence-corrected chi connectivity index (χ3v) is 2.78. The van der Waals surface area contributed by atoms with E-state index in [0.29, 0.717) is 31.5 Å². The van der Waals surface area contributed by atoms with E-state index in [2.05, 4.69) is 4.98 Å². The molecule has 16 heavy (non-hydrogen) atoms. The van der Waals surface area contributed by atoms with Gasteiger partial charge in [0.05, 0.1) is 11.7 Å². The Morgan fingerprint density at radius 2 is 2.06 bits per heavy atom. The summed E-state index contributed by atoms with van der Waals surface area (Å²) in [5.74, 6) is -0.0943. The van der Waals surface area contributed by atoms with Crippen molar-refractivity contribution in [2.24, 2.45) is 0 Å². The second-order valence-corrected chi connectivity index (χ2v) is 3.96. The number of hydrogen-bond donors (Lipinski definition) is 2. The van der Waals surface area contributed by atoms with Gasteiger partial charge >= 0.3 is 0 Å². The highest BCUT2D eigenvalue weighted by molar-refractivity contribution is 5.93. The van der Waals surface area contributed by atoms with Gasteiger partial charge in [0.25, 0.3) is 5.91 Å². The number of carbonyl (C=O) groups is 1. The van der Waals surface area contributed by atoms with Crippen LogP contribution in [0.3, 0.4) is 0 Å². The molecule has 86 valence electrons. The lowest BCUT2D eigenvalue weighted by molar-refractivity contribution is 0.0546. The van der Waals surface area contributed by atoms with Crippen LogP contribution >= 0.6 is 0 Å². The smallest absolute Gasteiger partial charge is 0.255 e. The van der Waals surface area contributed by atoms with E-state index in [9.17, 15) is 14.7 Å². The van der Waals surface area contributed by atoms with E-state index in [1.54, 1.807) is 4.90 Å². The van der Waals surface area contributed by atoms with Gasteiger partial charge in [-0.05, 0) is 18.9 Å². The first-order chi connectivity index (χ1) is 7.66. The van der Waals surface area contributed by atoms with E-state index in [0.717, 1.165) is 0 Å². The Balaban J connectivity index is 2.07. The van der Waals surface area contributed by atoms with E-state index >= 15 is 0 Å². The molecule has 0 spiro atoms. The zero-order valence-electron chi connectivity index (χ0n) is 8.85. The van der Waals surface area contributed by atoms with E-state index in [-0.39, 0.29) is 17.6 Å². The standard InChI is InChI=1S/C11H14N2O3/c14-9-3-5-13(6-4-9)11(16)8-1-2-10(15)12-7-8/h1-2,7,9,14H,3-6H2,(H,12,15). The molecule has 0 saturated carbocycles. The number of aromatic nitrogens is 1. The van der Waals surface area contributed by atoms with Crippen molar-refractivity contribution in [2.45, 2.75) is 18.9 Å². The number of pyridine rings is 1. The first kappa shape index (κ1) is 10.9. The Labute approximate surface area is 92.7 Å². The second kappa shape index (κ2) is 4.49. The summed E-state index contributed by atoms with van der Waals surface area (Å²) in [5, 5.41) is 9.33. The van der Waals surface area contributed by atoms with Gasteiger partial charge in [-0.3, -0.25) is 9.59 Å². The molecule has 1 amide bonds. The maximum Gasteiger partial charge on any atom is 0.255 e. The minimum absolute atomic E-state index is 0.0943. The number of rotatable bonds is 1. The molecule has 0 aromatic carbocycles. The lowest BCUT2D eigenvalue weighted by Gasteiger charge is -2.29. The van der Waals surface area contributed by atoms with Gasteiger partial charge in [0.2, 0.25) is 5.56 Å². The molecule has 5 nitrogen and oxygen atoms in total. The summed E-state index contributed by atoms with van der Waals surface area (Å²) in [5.41, 5.74) is 0.265. The van der Waals surface area contributed by atoms with Crippen LogP contribution in [0.1, 0.15) is 23.2 Å². The predicted octanol–water partition coefficient (Wildman–Crippen LogP) is -0.0282. The number of H-pyrrole nitrogens is 1. The first-order valence-corrected chi connectivity index (χ1v) is 5.33. The number of piperidine rings is 1.